The molecule has 0 aliphatic rings. The van der Waals surface area contributed by atoms with Gasteiger partial charge in [0.15, 0.2) is 0 Å². The van der Waals surface area contributed by atoms with Gasteiger partial charge in [-0.25, -0.2) is 0 Å². The van der Waals surface area contributed by atoms with Crippen LogP contribution < -0.4 is 10.3 Å². The summed E-state index contributed by atoms with van der Waals surface area (Å²) in [5.74, 6) is 0.343. The molecule has 18 heavy (non-hydrogen) atoms. The van der Waals surface area contributed by atoms with E-state index in [2.05, 4.69) is 4.98 Å². The molecule has 98 valence electrons. The van der Waals surface area contributed by atoms with E-state index in [1.807, 2.05) is 20.8 Å². The second-order valence-electron chi connectivity index (χ2n) is 4.41. The zero-order valence-electron chi connectivity index (χ0n) is 10.6. The minimum Gasteiger partial charge on any atom is -0.465 e. The molecule has 6 heteroatoms. The lowest BCUT2D eigenvalue weighted by molar-refractivity contribution is 0.283. The van der Waals surface area contributed by atoms with Gasteiger partial charge in [-0.1, -0.05) is 25.4 Å². The number of aromatic nitrogens is 2. The van der Waals surface area contributed by atoms with Crippen molar-refractivity contribution in [1.82, 2.24) is 9.55 Å². The topological polar surface area (TPSA) is 44.1 Å². The van der Waals surface area contributed by atoms with Crippen LogP contribution in [0.1, 0.15) is 20.8 Å². The Balaban J connectivity index is 2.66. The summed E-state index contributed by atoms with van der Waals surface area (Å²) in [6.45, 7) is 7.04. The number of fused-ring (bicyclic) bond motifs is 1. The predicted octanol–water partition coefficient (Wildman–Crippen LogP) is 3.17. The smallest absolute Gasteiger partial charge is 0.300 e. The third-order valence-electron chi connectivity index (χ3n) is 2.41. The van der Waals surface area contributed by atoms with Crippen molar-refractivity contribution >= 4 is 33.2 Å². The van der Waals surface area contributed by atoms with Gasteiger partial charge in [0.1, 0.15) is 4.83 Å². The molecule has 2 rings (SSSR count). The molecule has 0 aliphatic heterocycles. The maximum absolute atomic E-state index is 12.4. The Labute approximate surface area is 114 Å². The molecular weight excluding hydrogens is 272 g/mol. The first-order valence-corrected chi connectivity index (χ1v) is 7.05. The molecule has 0 spiro atoms. The molecule has 2 aromatic heterocycles. The molecule has 0 amide bonds. The van der Waals surface area contributed by atoms with E-state index in [9.17, 15) is 4.79 Å². The van der Waals surface area contributed by atoms with Crippen molar-refractivity contribution in [3.05, 3.63) is 20.8 Å². The highest BCUT2D eigenvalue weighted by Crippen LogP contribution is 2.27. The van der Waals surface area contributed by atoms with E-state index in [0.717, 1.165) is 0 Å². The summed E-state index contributed by atoms with van der Waals surface area (Å²) in [5, 5.41) is 0.564. The van der Waals surface area contributed by atoms with E-state index in [1.165, 1.54) is 11.3 Å². The largest absolute Gasteiger partial charge is 0.465 e. The van der Waals surface area contributed by atoms with Gasteiger partial charge in [0.25, 0.3) is 5.56 Å². The zero-order valence-corrected chi connectivity index (χ0v) is 12.1. The highest BCUT2D eigenvalue weighted by atomic mass is 35.5. The van der Waals surface area contributed by atoms with Gasteiger partial charge >= 0.3 is 6.01 Å². The van der Waals surface area contributed by atoms with Gasteiger partial charge in [-0.05, 0) is 18.9 Å². The summed E-state index contributed by atoms with van der Waals surface area (Å²) in [6, 6.07) is 2.05. The van der Waals surface area contributed by atoms with Gasteiger partial charge in [-0.3, -0.25) is 9.36 Å². The van der Waals surface area contributed by atoms with Gasteiger partial charge in [-0.15, -0.1) is 11.3 Å². The number of halogens is 1. The van der Waals surface area contributed by atoms with Crippen LogP contribution in [0.5, 0.6) is 6.01 Å². The summed E-state index contributed by atoms with van der Waals surface area (Å²) in [6.07, 6.45) is 0. The average Bonchev–Trinajstić information content (AvgIpc) is 2.65. The van der Waals surface area contributed by atoms with Gasteiger partial charge in [0.05, 0.1) is 16.3 Å². The van der Waals surface area contributed by atoms with Crippen LogP contribution >= 0.6 is 22.9 Å². The Kier molecular flexibility index (Phi) is 3.92. The molecule has 0 saturated heterocycles. The van der Waals surface area contributed by atoms with Gasteiger partial charge in [-0.2, -0.15) is 4.98 Å². The van der Waals surface area contributed by atoms with E-state index in [1.54, 1.807) is 10.6 Å². The third-order valence-corrected chi connectivity index (χ3v) is 3.57. The molecule has 0 fully saturated rings. The lowest BCUT2D eigenvalue weighted by atomic mass is 10.2. The van der Waals surface area contributed by atoms with Crippen LogP contribution in [0.25, 0.3) is 10.2 Å². The fraction of sp³-hybridized carbons (Fsp3) is 0.500. The quantitative estimate of drug-likeness (QED) is 0.867. The Morgan fingerprint density at radius 2 is 2.28 bits per heavy atom. The van der Waals surface area contributed by atoms with Crippen LogP contribution in [0.4, 0.5) is 0 Å². The summed E-state index contributed by atoms with van der Waals surface area (Å²) in [4.78, 5) is 17.4. The fourth-order valence-corrected chi connectivity index (χ4v) is 2.80. The van der Waals surface area contributed by atoms with E-state index in [-0.39, 0.29) is 5.56 Å². The number of nitrogens with zero attached hydrogens (tertiary/aromatic N) is 2. The first kappa shape index (κ1) is 13.4. The minimum absolute atomic E-state index is 0.0831. The molecule has 2 aromatic rings. The molecule has 2 heterocycles. The van der Waals surface area contributed by atoms with Gasteiger partial charge < -0.3 is 4.74 Å². The van der Waals surface area contributed by atoms with Crippen molar-refractivity contribution in [2.24, 2.45) is 5.92 Å². The number of rotatable bonds is 4. The highest BCUT2D eigenvalue weighted by molar-refractivity contribution is 7.22. The minimum atomic E-state index is -0.0831. The number of thiophene rings is 1. The Morgan fingerprint density at radius 1 is 1.56 bits per heavy atom. The molecule has 0 saturated carbocycles. The first-order valence-electron chi connectivity index (χ1n) is 5.85. The Morgan fingerprint density at radius 3 is 2.89 bits per heavy atom. The van der Waals surface area contributed by atoms with Crippen LogP contribution in [-0.2, 0) is 6.54 Å². The number of hydrogen-bond acceptors (Lipinski definition) is 4. The van der Waals surface area contributed by atoms with Crippen molar-refractivity contribution in [3.8, 4) is 6.01 Å². The van der Waals surface area contributed by atoms with Gasteiger partial charge in [0.2, 0.25) is 0 Å². The maximum atomic E-state index is 12.4. The van der Waals surface area contributed by atoms with Crippen LogP contribution in [0.3, 0.4) is 0 Å². The molecule has 0 unspecified atom stereocenters. The summed E-state index contributed by atoms with van der Waals surface area (Å²) in [7, 11) is 0. The third kappa shape index (κ3) is 2.52. The SMILES string of the molecule is CCOc1nc2sc(Cl)cc2c(=O)n1CC(C)C. The normalized spacial score (nSPS) is 11.4. The summed E-state index contributed by atoms with van der Waals surface area (Å²) < 4.78 is 7.60. The van der Waals surface area contributed by atoms with Crippen molar-refractivity contribution in [1.29, 1.82) is 0 Å². The van der Waals surface area contributed by atoms with E-state index >= 15 is 0 Å². The van der Waals surface area contributed by atoms with Crippen LogP contribution in [0, 0.1) is 5.92 Å². The van der Waals surface area contributed by atoms with Gasteiger partial charge in [0, 0.05) is 6.54 Å². The van der Waals surface area contributed by atoms with E-state index in [0.29, 0.717) is 39.6 Å². The summed E-state index contributed by atoms with van der Waals surface area (Å²) >= 11 is 7.23. The maximum Gasteiger partial charge on any atom is 0.300 e. The highest BCUT2D eigenvalue weighted by Gasteiger charge is 2.15. The second-order valence-corrected chi connectivity index (χ2v) is 6.07. The van der Waals surface area contributed by atoms with Crippen molar-refractivity contribution in [2.75, 3.05) is 6.61 Å². The zero-order chi connectivity index (χ0) is 13.3. The molecule has 0 radical (unpaired) electrons. The molecule has 0 aliphatic carbocycles. The molecule has 0 atom stereocenters. The standard InChI is InChI=1S/C12H15ClN2O2S/c1-4-17-12-14-10-8(5-9(13)18-10)11(16)15(12)6-7(2)3/h5,7H,4,6H2,1-3H3. The van der Waals surface area contributed by atoms with Crippen LogP contribution in [-0.4, -0.2) is 16.2 Å². The second kappa shape index (κ2) is 5.28. The summed E-state index contributed by atoms with van der Waals surface area (Å²) in [5.41, 5.74) is -0.0831. The molecule has 0 aromatic carbocycles. The van der Waals surface area contributed by atoms with Crippen molar-refractivity contribution in [3.63, 3.8) is 0 Å². The molecule has 0 bridgehead atoms. The Bertz CT molecular complexity index is 618. The first-order chi connectivity index (χ1) is 8.52. The lowest BCUT2D eigenvalue weighted by Crippen LogP contribution is -2.25. The number of hydrogen-bond donors (Lipinski definition) is 0. The molecule has 0 N–H and O–H groups in total. The predicted molar refractivity (Wildman–Crippen MR) is 74.9 cm³/mol. The average molecular weight is 287 g/mol. The molecular formula is C12H15ClN2O2S. The lowest BCUT2D eigenvalue weighted by Gasteiger charge is -2.13. The van der Waals surface area contributed by atoms with Crippen molar-refractivity contribution < 1.29 is 4.74 Å². The van der Waals surface area contributed by atoms with Crippen LogP contribution in [0.15, 0.2) is 10.9 Å². The van der Waals surface area contributed by atoms with E-state index in [4.69, 9.17) is 16.3 Å². The van der Waals surface area contributed by atoms with Crippen LogP contribution in [0.2, 0.25) is 4.34 Å². The number of ether oxygens (including phenoxy) is 1. The molecule has 4 nitrogen and oxygen atoms in total. The van der Waals surface area contributed by atoms with Crippen molar-refractivity contribution in [2.45, 2.75) is 27.3 Å². The Hall–Kier alpha value is -1.07. The monoisotopic (exact) mass is 286 g/mol. The van der Waals surface area contributed by atoms with E-state index < -0.39 is 0 Å². The fourth-order valence-electron chi connectivity index (χ4n) is 1.73.